The lowest BCUT2D eigenvalue weighted by molar-refractivity contribution is 0.421. The Morgan fingerprint density at radius 1 is 1.36 bits per heavy atom. The molecule has 0 N–H and O–H groups in total. The minimum Gasteiger partial charge on any atom is -0.485 e. The fraction of sp³-hybridized carbons (Fsp3) is 0.273. The van der Waals surface area contributed by atoms with Crippen LogP contribution in [0.25, 0.3) is 0 Å². The second kappa shape index (κ2) is 5.91. The summed E-state index contributed by atoms with van der Waals surface area (Å²) in [6, 6.07) is 9.99. The summed E-state index contributed by atoms with van der Waals surface area (Å²) in [7, 11) is 1.55. The number of methoxy groups -OCH3 is 1. The fourth-order valence-corrected chi connectivity index (χ4v) is 1.10. The SMILES string of the molecule is CC/C(=N\N=COC)c1ccccc1. The van der Waals surface area contributed by atoms with E-state index >= 15 is 0 Å². The van der Waals surface area contributed by atoms with Crippen LogP contribution in [0.4, 0.5) is 0 Å². The van der Waals surface area contributed by atoms with Crippen LogP contribution in [0.1, 0.15) is 18.9 Å². The molecule has 0 aromatic heterocycles. The Labute approximate surface area is 84.1 Å². The lowest BCUT2D eigenvalue weighted by Gasteiger charge is -1.99. The summed E-state index contributed by atoms with van der Waals surface area (Å²) in [5, 5.41) is 7.84. The number of hydrogen-bond acceptors (Lipinski definition) is 3. The summed E-state index contributed by atoms with van der Waals surface area (Å²) in [6.07, 6.45) is 2.17. The lowest BCUT2D eigenvalue weighted by atomic mass is 10.1. The minimum atomic E-state index is 0.852. The second-order valence-electron chi connectivity index (χ2n) is 2.72. The van der Waals surface area contributed by atoms with E-state index in [-0.39, 0.29) is 0 Å². The molecule has 0 aliphatic heterocycles. The number of ether oxygens (including phenoxy) is 1. The van der Waals surface area contributed by atoms with E-state index in [9.17, 15) is 0 Å². The van der Waals surface area contributed by atoms with Crippen molar-refractivity contribution in [2.45, 2.75) is 13.3 Å². The lowest BCUT2D eigenvalue weighted by Crippen LogP contribution is -1.97. The van der Waals surface area contributed by atoms with Crippen molar-refractivity contribution in [3.63, 3.8) is 0 Å². The number of hydrogen-bond donors (Lipinski definition) is 0. The highest BCUT2D eigenvalue weighted by molar-refractivity contribution is 6.00. The molecule has 0 atom stereocenters. The molecule has 0 fully saturated rings. The molecule has 0 spiro atoms. The first-order valence-corrected chi connectivity index (χ1v) is 4.55. The molecule has 1 rings (SSSR count). The topological polar surface area (TPSA) is 34.0 Å². The Bertz CT molecular complexity index is 317. The molecule has 3 nitrogen and oxygen atoms in total. The molecule has 0 bridgehead atoms. The summed E-state index contributed by atoms with van der Waals surface area (Å²) in [5.74, 6) is 0. The van der Waals surface area contributed by atoms with Gasteiger partial charge in [0, 0.05) is 0 Å². The van der Waals surface area contributed by atoms with Gasteiger partial charge < -0.3 is 4.74 Å². The van der Waals surface area contributed by atoms with Crippen molar-refractivity contribution in [3.8, 4) is 0 Å². The minimum absolute atomic E-state index is 0.852. The van der Waals surface area contributed by atoms with E-state index in [0.29, 0.717) is 0 Å². The highest BCUT2D eigenvalue weighted by Gasteiger charge is 1.98. The highest BCUT2D eigenvalue weighted by atomic mass is 16.5. The van der Waals surface area contributed by atoms with Crippen LogP contribution in [0.3, 0.4) is 0 Å². The summed E-state index contributed by atoms with van der Waals surface area (Å²) < 4.78 is 4.67. The van der Waals surface area contributed by atoms with Crippen LogP contribution < -0.4 is 0 Å². The molecule has 0 radical (unpaired) electrons. The van der Waals surface area contributed by atoms with E-state index in [2.05, 4.69) is 14.9 Å². The van der Waals surface area contributed by atoms with Crippen molar-refractivity contribution in [2.24, 2.45) is 10.2 Å². The van der Waals surface area contributed by atoms with Crippen molar-refractivity contribution in [2.75, 3.05) is 7.11 Å². The Kier molecular flexibility index (Phi) is 4.41. The molecule has 0 amide bonds. The van der Waals surface area contributed by atoms with Gasteiger partial charge in [0.05, 0.1) is 12.8 Å². The van der Waals surface area contributed by atoms with Gasteiger partial charge in [-0.05, 0) is 12.0 Å². The van der Waals surface area contributed by atoms with Crippen LogP contribution in [-0.2, 0) is 4.74 Å². The fourth-order valence-electron chi connectivity index (χ4n) is 1.10. The molecule has 0 saturated carbocycles. The maximum Gasteiger partial charge on any atom is 0.194 e. The zero-order chi connectivity index (χ0) is 10.2. The molecular formula is C11H14N2O. The smallest absolute Gasteiger partial charge is 0.194 e. The number of benzene rings is 1. The third kappa shape index (κ3) is 3.01. The second-order valence-corrected chi connectivity index (χ2v) is 2.72. The quantitative estimate of drug-likeness (QED) is 0.408. The van der Waals surface area contributed by atoms with E-state index in [1.54, 1.807) is 7.11 Å². The van der Waals surface area contributed by atoms with E-state index in [1.165, 1.54) is 6.40 Å². The zero-order valence-corrected chi connectivity index (χ0v) is 8.47. The largest absolute Gasteiger partial charge is 0.485 e. The van der Waals surface area contributed by atoms with E-state index in [4.69, 9.17) is 0 Å². The van der Waals surface area contributed by atoms with Crippen LogP contribution in [-0.4, -0.2) is 19.2 Å². The van der Waals surface area contributed by atoms with Gasteiger partial charge in [-0.15, -0.1) is 5.10 Å². The zero-order valence-electron chi connectivity index (χ0n) is 8.47. The first-order chi connectivity index (χ1) is 6.88. The van der Waals surface area contributed by atoms with Crippen LogP contribution in [0.2, 0.25) is 0 Å². The predicted octanol–water partition coefficient (Wildman–Crippen LogP) is 2.48. The molecule has 0 aliphatic rings. The normalized spacial score (nSPS) is 12.0. The summed E-state index contributed by atoms with van der Waals surface area (Å²) in [4.78, 5) is 0. The standard InChI is InChI=1S/C11H14N2O/c1-3-11(13-12-9-14-2)10-7-5-4-6-8-10/h4-9H,3H2,1-2H3/b12-9?,13-11+. The van der Waals surface area contributed by atoms with Crippen LogP contribution in [0.15, 0.2) is 40.5 Å². The number of nitrogens with zero attached hydrogens (tertiary/aromatic N) is 2. The van der Waals surface area contributed by atoms with Gasteiger partial charge in [-0.1, -0.05) is 37.3 Å². The van der Waals surface area contributed by atoms with Crippen molar-refractivity contribution in [1.29, 1.82) is 0 Å². The average Bonchev–Trinajstić information content (AvgIpc) is 2.26. The van der Waals surface area contributed by atoms with E-state index in [1.807, 2.05) is 37.3 Å². The van der Waals surface area contributed by atoms with Gasteiger partial charge in [0.25, 0.3) is 0 Å². The van der Waals surface area contributed by atoms with Crippen molar-refractivity contribution < 1.29 is 4.74 Å². The Morgan fingerprint density at radius 3 is 2.64 bits per heavy atom. The monoisotopic (exact) mass is 190 g/mol. The van der Waals surface area contributed by atoms with Crippen LogP contribution >= 0.6 is 0 Å². The van der Waals surface area contributed by atoms with E-state index in [0.717, 1.165) is 17.7 Å². The van der Waals surface area contributed by atoms with Crippen molar-refractivity contribution >= 4 is 12.1 Å². The molecule has 14 heavy (non-hydrogen) atoms. The highest BCUT2D eigenvalue weighted by Crippen LogP contribution is 2.04. The molecule has 0 aliphatic carbocycles. The Morgan fingerprint density at radius 2 is 2.07 bits per heavy atom. The molecule has 1 aromatic carbocycles. The van der Waals surface area contributed by atoms with Crippen LogP contribution in [0.5, 0.6) is 0 Å². The molecule has 0 unspecified atom stereocenters. The Hall–Kier alpha value is -1.64. The number of rotatable bonds is 4. The molecule has 1 aromatic rings. The first-order valence-electron chi connectivity index (χ1n) is 4.55. The Balaban J connectivity index is 2.82. The van der Waals surface area contributed by atoms with E-state index < -0.39 is 0 Å². The first kappa shape index (κ1) is 10.4. The summed E-state index contributed by atoms with van der Waals surface area (Å²) in [6.45, 7) is 2.05. The van der Waals surface area contributed by atoms with Gasteiger partial charge in [-0.25, -0.2) is 0 Å². The van der Waals surface area contributed by atoms with Crippen molar-refractivity contribution in [1.82, 2.24) is 0 Å². The predicted molar refractivity (Wildman–Crippen MR) is 58.8 cm³/mol. The van der Waals surface area contributed by atoms with Crippen LogP contribution in [0, 0.1) is 0 Å². The van der Waals surface area contributed by atoms with Gasteiger partial charge >= 0.3 is 0 Å². The molecule has 0 saturated heterocycles. The van der Waals surface area contributed by atoms with Gasteiger partial charge in [-0.3, -0.25) is 0 Å². The summed E-state index contributed by atoms with van der Waals surface area (Å²) in [5.41, 5.74) is 2.06. The molecule has 0 heterocycles. The third-order valence-electron chi connectivity index (χ3n) is 1.77. The van der Waals surface area contributed by atoms with Crippen molar-refractivity contribution in [3.05, 3.63) is 35.9 Å². The maximum atomic E-state index is 4.67. The van der Waals surface area contributed by atoms with Gasteiger partial charge in [0.15, 0.2) is 6.40 Å². The molecule has 3 heteroatoms. The molecule has 74 valence electrons. The summed E-state index contributed by atoms with van der Waals surface area (Å²) >= 11 is 0. The molecular weight excluding hydrogens is 176 g/mol. The van der Waals surface area contributed by atoms with Gasteiger partial charge in [0.1, 0.15) is 0 Å². The maximum absolute atomic E-state index is 4.67. The third-order valence-corrected chi connectivity index (χ3v) is 1.77. The average molecular weight is 190 g/mol. The van der Waals surface area contributed by atoms with Gasteiger partial charge in [0.2, 0.25) is 0 Å². The van der Waals surface area contributed by atoms with Gasteiger partial charge in [-0.2, -0.15) is 5.10 Å².